The highest BCUT2D eigenvalue weighted by molar-refractivity contribution is 7.22. The zero-order valence-electron chi connectivity index (χ0n) is 22.6. The average molecular weight is 631 g/mol. The summed E-state index contributed by atoms with van der Waals surface area (Å²) >= 11 is 14.3. The van der Waals surface area contributed by atoms with Crippen LogP contribution in [0, 0.1) is 5.82 Å². The molecule has 2 bridgehead atoms. The third kappa shape index (κ3) is 4.93. The first-order valence-corrected chi connectivity index (χ1v) is 15.5. The van der Waals surface area contributed by atoms with Crippen LogP contribution < -0.4 is 4.90 Å². The minimum atomic E-state index is -0.592. The quantitative estimate of drug-likeness (QED) is 0.196. The van der Waals surface area contributed by atoms with Crippen molar-refractivity contribution in [2.45, 2.75) is 69.1 Å². The van der Waals surface area contributed by atoms with Crippen molar-refractivity contribution in [1.82, 2.24) is 10.1 Å². The SMILES string of the molecule is COC(=O)c1cc(F)c2nc(N3[C@@H]4CC[C@H]3CC(OC(=O)Cc3c(-c5c(Cl)cccc5Cl)noc3C3CC3)C4)sc2c1. The minimum Gasteiger partial charge on any atom is -0.465 e. The van der Waals surface area contributed by atoms with Gasteiger partial charge in [0.05, 0.1) is 33.8 Å². The van der Waals surface area contributed by atoms with E-state index in [0.717, 1.165) is 31.7 Å². The van der Waals surface area contributed by atoms with Gasteiger partial charge in [0.15, 0.2) is 10.9 Å². The molecule has 1 unspecified atom stereocenters. The van der Waals surface area contributed by atoms with Gasteiger partial charge in [0.1, 0.15) is 23.1 Å². The fraction of sp³-hybridized carbons (Fsp3) is 0.400. The molecule has 4 heterocycles. The van der Waals surface area contributed by atoms with Crippen LogP contribution in [0.4, 0.5) is 9.52 Å². The topological polar surface area (TPSA) is 94.8 Å². The molecule has 8 nitrogen and oxygen atoms in total. The molecular weight excluding hydrogens is 604 g/mol. The first-order valence-electron chi connectivity index (χ1n) is 13.9. The Hall–Kier alpha value is -3.21. The van der Waals surface area contributed by atoms with E-state index in [1.54, 1.807) is 24.3 Å². The van der Waals surface area contributed by atoms with E-state index in [0.29, 0.717) is 55.3 Å². The predicted molar refractivity (Wildman–Crippen MR) is 157 cm³/mol. The lowest BCUT2D eigenvalue weighted by atomic mass is 9.99. The summed E-state index contributed by atoms with van der Waals surface area (Å²) in [5, 5.41) is 5.86. The maximum Gasteiger partial charge on any atom is 0.338 e. The molecule has 12 heteroatoms. The molecule has 3 atom stereocenters. The maximum atomic E-state index is 14.8. The Balaban J connectivity index is 1.08. The van der Waals surface area contributed by atoms with Gasteiger partial charge in [-0.25, -0.2) is 14.2 Å². The Labute approximate surface area is 254 Å². The van der Waals surface area contributed by atoms with E-state index >= 15 is 0 Å². The lowest BCUT2D eigenvalue weighted by molar-refractivity contribution is -0.149. The van der Waals surface area contributed by atoms with Gasteiger partial charge in [-0.15, -0.1) is 0 Å². The number of methoxy groups -OCH3 is 1. The smallest absolute Gasteiger partial charge is 0.338 e. The Bertz CT molecular complexity index is 1690. The number of halogens is 3. The van der Waals surface area contributed by atoms with Crippen LogP contribution in [-0.2, 0) is 20.7 Å². The highest BCUT2D eigenvalue weighted by Crippen LogP contribution is 2.47. The number of esters is 2. The zero-order chi connectivity index (χ0) is 29.1. The third-order valence-corrected chi connectivity index (χ3v) is 10.0. The number of piperidine rings is 1. The number of fused-ring (bicyclic) bond motifs is 3. The van der Waals surface area contributed by atoms with E-state index < -0.39 is 11.8 Å². The molecule has 1 aliphatic carbocycles. The molecule has 0 radical (unpaired) electrons. The summed E-state index contributed by atoms with van der Waals surface area (Å²) in [6.07, 6.45) is 4.88. The van der Waals surface area contributed by atoms with Gasteiger partial charge in [-0.1, -0.05) is 45.8 Å². The number of carbonyl (C=O) groups is 2. The summed E-state index contributed by atoms with van der Waals surface area (Å²) in [5.74, 6) is -0.558. The van der Waals surface area contributed by atoms with E-state index in [1.165, 1.54) is 18.4 Å². The molecule has 0 amide bonds. The second-order valence-electron chi connectivity index (χ2n) is 11.1. The normalized spacial score (nSPS) is 21.6. The average Bonchev–Trinajstić information content (AvgIpc) is 3.49. The van der Waals surface area contributed by atoms with Crippen LogP contribution in [-0.4, -0.2) is 47.4 Å². The van der Waals surface area contributed by atoms with Gasteiger partial charge < -0.3 is 18.9 Å². The van der Waals surface area contributed by atoms with Crippen molar-refractivity contribution in [2.75, 3.05) is 12.0 Å². The van der Waals surface area contributed by atoms with Gasteiger partial charge in [0.2, 0.25) is 0 Å². The molecule has 1 saturated carbocycles. The summed E-state index contributed by atoms with van der Waals surface area (Å²) in [6.45, 7) is 0. The van der Waals surface area contributed by atoms with E-state index in [4.69, 9.17) is 37.2 Å². The number of hydrogen-bond donors (Lipinski definition) is 0. The fourth-order valence-electron chi connectivity index (χ4n) is 6.31. The van der Waals surface area contributed by atoms with Gasteiger partial charge in [-0.3, -0.25) is 4.79 Å². The van der Waals surface area contributed by atoms with Crippen LogP contribution in [0.25, 0.3) is 21.5 Å². The molecular formula is C30H26Cl2FN3O5S. The number of hydrogen-bond acceptors (Lipinski definition) is 9. The molecule has 0 spiro atoms. The fourth-order valence-corrected chi connectivity index (χ4v) is 8.05. The Morgan fingerprint density at radius 1 is 1.12 bits per heavy atom. The monoisotopic (exact) mass is 629 g/mol. The molecule has 3 aliphatic rings. The van der Waals surface area contributed by atoms with Crippen molar-refractivity contribution in [1.29, 1.82) is 0 Å². The molecule has 0 N–H and O–H groups in total. The number of ether oxygens (including phenoxy) is 2. The number of aromatic nitrogens is 2. The number of anilines is 1. The van der Waals surface area contributed by atoms with Crippen molar-refractivity contribution >= 4 is 61.8 Å². The van der Waals surface area contributed by atoms with Crippen LogP contribution in [0.5, 0.6) is 0 Å². The summed E-state index contributed by atoms with van der Waals surface area (Å²) in [5.41, 5.74) is 2.12. The summed E-state index contributed by atoms with van der Waals surface area (Å²) in [6, 6.07) is 8.23. The first-order chi connectivity index (χ1) is 20.3. The largest absolute Gasteiger partial charge is 0.465 e. The van der Waals surface area contributed by atoms with Crippen LogP contribution in [0.3, 0.4) is 0 Å². The molecule has 2 aliphatic heterocycles. The molecule has 2 aromatic heterocycles. The van der Waals surface area contributed by atoms with Gasteiger partial charge in [-0.2, -0.15) is 0 Å². The van der Waals surface area contributed by atoms with Crippen molar-refractivity contribution in [3.05, 3.63) is 63.1 Å². The highest BCUT2D eigenvalue weighted by Gasteiger charge is 2.44. The van der Waals surface area contributed by atoms with Gasteiger partial charge in [-0.05, 0) is 49.9 Å². The van der Waals surface area contributed by atoms with Gasteiger partial charge in [0, 0.05) is 42.0 Å². The van der Waals surface area contributed by atoms with E-state index in [-0.39, 0.29) is 47.6 Å². The number of thiazole rings is 1. The molecule has 2 saturated heterocycles. The van der Waals surface area contributed by atoms with Gasteiger partial charge in [0.25, 0.3) is 0 Å². The lowest BCUT2D eigenvalue weighted by Crippen LogP contribution is -2.46. The van der Waals surface area contributed by atoms with E-state index in [1.807, 2.05) is 0 Å². The second kappa shape index (κ2) is 10.8. The standard InChI is InChI=1S/C30H26Cl2FN3O5S/c1-39-29(38)15-9-22(33)27-23(10-15)42-30(34-27)36-16-7-8-17(36)12-18(11-16)40-24(37)13-19-26(35-41-28(19)14-5-6-14)25-20(31)3-2-4-21(25)32/h2-4,9-10,14,16-18H,5-8,11-13H2,1H3/t16-,17+,18?. The van der Waals surface area contributed by atoms with Crippen molar-refractivity contribution in [3.8, 4) is 11.3 Å². The molecule has 7 rings (SSSR count). The van der Waals surface area contributed by atoms with Crippen LogP contribution in [0.1, 0.15) is 66.1 Å². The number of nitrogens with zero attached hydrogens (tertiary/aromatic N) is 3. The Kier molecular flexibility index (Phi) is 7.11. The van der Waals surface area contributed by atoms with Crippen molar-refractivity contribution in [3.63, 3.8) is 0 Å². The minimum absolute atomic E-state index is 0.0153. The molecule has 218 valence electrons. The molecule has 2 aromatic carbocycles. The van der Waals surface area contributed by atoms with E-state index in [2.05, 4.69) is 15.0 Å². The van der Waals surface area contributed by atoms with E-state index in [9.17, 15) is 14.0 Å². The predicted octanol–water partition coefficient (Wildman–Crippen LogP) is 7.35. The van der Waals surface area contributed by atoms with Crippen LogP contribution in [0.15, 0.2) is 34.9 Å². The lowest BCUT2D eigenvalue weighted by Gasteiger charge is -2.38. The van der Waals surface area contributed by atoms with Gasteiger partial charge >= 0.3 is 11.9 Å². The summed E-state index contributed by atoms with van der Waals surface area (Å²) in [7, 11) is 1.27. The second-order valence-corrected chi connectivity index (χ2v) is 12.9. The summed E-state index contributed by atoms with van der Waals surface area (Å²) in [4.78, 5) is 32.1. The number of rotatable bonds is 7. The zero-order valence-corrected chi connectivity index (χ0v) is 24.9. The maximum absolute atomic E-state index is 14.8. The molecule has 4 aromatic rings. The first kappa shape index (κ1) is 27.6. The Morgan fingerprint density at radius 3 is 2.50 bits per heavy atom. The molecule has 3 fully saturated rings. The summed E-state index contributed by atoms with van der Waals surface area (Å²) < 4.78 is 31.9. The Morgan fingerprint density at radius 2 is 1.83 bits per heavy atom. The third-order valence-electron chi connectivity index (χ3n) is 8.35. The highest BCUT2D eigenvalue weighted by atomic mass is 35.5. The van der Waals surface area contributed by atoms with Crippen molar-refractivity contribution in [2.24, 2.45) is 0 Å². The molecule has 42 heavy (non-hydrogen) atoms. The van der Waals surface area contributed by atoms with Crippen molar-refractivity contribution < 1.29 is 28.0 Å². The van der Waals surface area contributed by atoms with Crippen LogP contribution >= 0.6 is 34.5 Å². The number of carbonyl (C=O) groups excluding carboxylic acids is 2. The van der Waals surface area contributed by atoms with Crippen LogP contribution in [0.2, 0.25) is 10.0 Å². The number of benzene rings is 2.